The Morgan fingerprint density at radius 3 is 2.10 bits per heavy atom. The zero-order valence-corrected chi connectivity index (χ0v) is 30.3. The Hall–Kier alpha value is -4.30. The van der Waals surface area contributed by atoms with Gasteiger partial charge < -0.3 is 36.2 Å². The molecule has 2 aliphatic rings. The Bertz CT molecular complexity index is 1440. The van der Waals surface area contributed by atoms with E-state index < -0.39 is 78.1 Å². The maximum atomic E-state index is 14.1. The van der Waals surface area contributed by atoms with Gasteiger partial charge in [-0.1, -0.05) is 60.6 Å². The minimum atomic E-state index is -2.91. The van der Waals surface area contributed by atoms with Crippen LogP contribution in [0.4, 0.5) is 13.6 Å². The maximum absolute atomic E-state index is 14.1. The SMILES string of the molecule is CC(C)[C@H](NC(=O)N[C@H](C(=O)N1CC2C([C@H]1C(=O)N[C@@H](CC(F)F)C(=O)NCCc1ccc(C(=O)N(C)C)cc1)C2(C)C)C(C)(C)C)C(=O)O. The first-order valence-corrected chi connectivity index (χ1v) is 16.8. The van der Waals surface area contributed by atoms with Crippen molar-refractivity contribution in [3.63, 3.8) is 0 Å². The first kappa shape index (κ1) is 40.1. The van der Waals surface area contributed by atoms with Crippen molar-refractivity contribution < 1.29 is 42.7 Å². The third-order valence-corrected chi connectivity index (χ3v) is 9.73. The minimum absolute atomic E-state index is 0.0734. The second-order valence-electron chi connectivity index (χ2n) is 15.5. The van der Waals surface area contributed by atoms with Gasteiger partial charge in [0.15, 0.2) is 0 Å². The van der Waals surface area contributed by atoms with Gasteiger partial charge in [0.25, 0.3) is 5.91 Å². The van der Waals surface area contributed by atoms with Gasteiger partial charge >= 0.3 is 12.0 Å². The van der Waals surface area contributed by atoms with E-state index in [1.54, 1.807) is 73.0 Å². The number of carbonyl (C=O) groups excluding carboxylic acids is 5. The summed E-state index contributed by atoms with van der Waals surface area (Å²) in [4.78, 5) is 80.6. The van der Waals surface area contributed by atoms with Gasteiger partial charge in [-0.05, 0) is 52.7 Å². The number of amides is 6. The summed E-state index contributed by atoms with van der Waals surface area (Å²) in [5.74, 6) is -4.35. The number of carbonyl (C=O) groups is 6. The molecular formula is C35H52F2N6O7. The molecule has 1 saturated heterocycles. The number of nitrogens with one attached hydrogen (secondary N) is 4. The fourth-order valence-electron chi connectivity index (χ4n) is 6.65. The smallest absolute Gasteiger partial charge is 0.326 e. The number of piperidine rings is 1. The second kappa shape index (κ2) is 15.7. The highest BCUT2D eigenvalue weighted by Gasteiger charge is 2.70. The van der Waals surface area contributed by atoms with Crippen LogP contribution in [0.15, 0.2) is 24.3 Å². The summed E-state index contributed by atoms with van der Waals surface area (Å²) in [5.41, 5.74) is 0.0959. The Balaban J connectivity index is 1.74. The molecule has 0 bridgehead atoms. The van der Waals surface area contributed by atoms with Crippen molar-refractivity contribution in [2.75, 3.05) is 27.2 Å². The zero-order valence-electron chi connectivity index (χ0n) is 30.3. The van der Waals surface area contributed by atoms with E-state index in [0.29, 0.717) is 12.0 Å². The van der Waals surface area contributed by atoms with Gasteiger partial charge in [-0.15, -0.1) is 0 Å². The summed E-state index contributed by atoms with van der Waals surface area (Å²) < 4.78 is 27.3. The third-order valence-electron chi connectivity index (χ3n) is 9.73. The lowest BCUT2D eigenvalue weighted by molar-refractivity contribution is -0.144. The van der Waals surface area contributed by atoms with Crippen LogP contribution < -0.4 is 21.3 Å². The molecule has 278 valence electrons. The average molecular weight is 707 g/mol. The van der Waals surface area contributed by atoms with Crippen LogP contribution >= 0.6 is 0 Å². The molecule has 1 aromatic carbocycles. The Labute approximate surface area is 292 Å². The summed E-state index contributed by atoms with van der Waals surface area (Å²) in [5, 5.41) is 19.6. The van der Waals surface area contributed by atoms with Crippen molar-refractivity contribution in [2.45, 2.75) is 91.9 Å². The summed E-state index contributed by atoms with van der Waals surface area (Å²) in [6.45, 7) is 12.5. The number of benzene rings is 1. The number of alkyl halides is 2. The normalized spacial score (nSPS) is 21.1. The molecular weight excluding hydrogens is 654 g/mol. The van der Waals surface area contributed by atoms with Crippen molar-refractivity contribution in [1.82, 2.24) is 31.1 Å². The van der Waals surface area contributed by atoms with Crippen molar-refractivity contribution in [3.8, 4) is 0 Å². The second-order valence-corrected chi connectivity index (χ2v) is 15.5. The monoisotopic (exact) mass is 706 g/mol. The summed E-state index contributed by atoms with van der Waals surface area (Å²) >= 11 is 0. The third kappa shape index (κ3) is 9.48. The lowest BCUT2D eigenvalue weighted by Crippen LogP contribution is -2.62. The predicted octanol–water partition coefficient (Wildman–Crippen LogP) is 2.49. The van der Waals surface area contributed by atoms with E-state index in [-0.39, 0.29) is 36.2 Å². The fourth-order valence-corrected chi connectivity index (χ4v) is 6.65. The summed E-state index contributed by atoms with van der Waals surface area (Å²) in [6, 6.07) is 0.880. The van der Waals surface area contributed by atoms with Crippen molar-refractivity contribution >= 4 is 35.6 Å². The van der Waals surface area contributed by atoms with Crippen molar-refractivity contribution in [3.05, 3.63) is 35.4 Å². The lowest BCUT2D eigenvalue weighted by atomic mass is 9.85. The Morgan fingerprint density at radius 1 is 1.00 bits per heavy atom. The predicted molar refractivity (Wildman–Crippen MR) is 181 cm³/mol. The molecule has 2 unspecified atom stereocenters. The Morgan fingerprint density at radius 2 is 1.60 bits per heavy atom. The molecule has 50 heavy (non-hydrogen) atoms. The number of halogens is 2. The number of carboxylic acid groups (broad SMARTS) is 1. The molecule has 1 saturated carbocycles. The van der Waals surface area contributed by atoms with E-state index in [2.05, 4.69) is 21.3 Å². The van der Waals surface area contributed by atoms with E-state index in [0.717, 1.165) is 5.56 Å². The number of carboxylic acids is 1. The van der Waals surface area contributed by atoms with Gasteiger partial charge in [0.2, 0.25) is 24.1 Å². The van der Waals surface area contributed by atoms with Crippen LogP contribution in [0.2, 0.25) is 0 Å². The van der Waals surface area contributed by atoms with Crippen LogP contribution in [0.25, 0.3) is 0 Å². The van der Waals surface area contributed by atoms with Crippen LogP contribution in [-0.2, 0) is 25.6 Å². The molecule has 0 aromatic heterocycles. The highest BCUT2D eigenvalue weighted by Crippen LogP contribution is 2.65. The molecule has 0 spiro atoms. The van der Waals surface area contributed by atoms with E-state index in [1.165, 1.54) is 9.80 Å². The van der Waals surface area contributed by atoms with E-state index in [4.69, 9.17) is 0 Å². The molecule has 1 heterocycles. The van der Waals surface area contributed by atoms with Crippen LogP contribution in [0, 0.1) is 28.6 Å². The number of nitrogens with zero attached hydrogens (tertiary/aromatic N) is 2. The molecule has 1 aliphatic carbocycles. The number of fused-ring (bicyclic) bond motifs is 1. The molecule has 2 fully saturated rings. The van der Waals surface area contributed by atoms with Gasteiger partial charge in [0.05, 0.1) is 0 Å². The first-order valence-electron chi connectivity index (χ1n) is 16.8. The lowest BCUT2D eigenvalue weighted by Gasteiger charge is -2.38. The standard InChI is InChI=1S/C35H52F2N6O7/c1-18(2)25(32(48)49)40-33(50)41-27(34(3,4)5)31(47)43-17-21-24(35(21,6)7)26(43)29(45)39-22(16-23(36)37)28(44)38-15-14-19-10-12-20(13-11-19)30(46)42(8)9/h10-13,18,21-27H,14-17H2,1-9H3,(H,38,44)(H,39,45)(H,48,49)(H2,40,41,50)/t21?,22-,24?,25-,26-,27+/m0/s1. The van der Waals surface area contributed by atoms with Crippen LogP contribution in [0.5, 0.6) is 0 Å². The van der Waals surface area contributed by atoms with Crippen molar-refractivity contribution in [1.29, 1.82) is 0 Å². The van der Waals surface area contributed by atoms with Gasteiger partial charge in [0, 0.05) is 39.2 Å². The topological polar surface area (TPSA) is 177 Å². The molecule has 3 rings (SSSR count). The molecule has 5 N–H and O–H groups in total. The van der Waals surface area contributed by atoms with E-state index in [9.17, 15) is 42.7 Å². The van der Waals surface area contributed by atoms with Crippen LogP contribution in [0.3, 0.4) is 0 Å². The molecule has 13 nitrogen and oxygen atoms in total. The zero-order chi connectivity index (χ0) is 37.9. The van der Waals surface area contributed by atoms with Gasteiger partial charge in [-0.2, -0.15) is 0 Å². The number of hydrogen-bond donors (Lipinski definition) is 5. The quantitative estimate of drug-likeness (QED) is 0.197. The van der Waals surface area contributed by atoms with Crippen LogP contribution in [-0.4, -0.2) is 108 Å². The molecule has 0 radical (unpaired) electrons. The van der Waals surface area contributed by atoms with Crippen LogP contribution in [0.1, 0.15) is 70.8 Å². The van der Waals surface area contributed by atoms with Gasteiger partial charge in [-0.3, -0.25) is 19.2 Å². The summed E-state index contributed by atoms with van der Waals surface area (Å²) in [7, 11) is 3.28. The molecule has 1 aromatic rings. The number of rotatable bonds is 14. The Kier molecular flexibility index (Phi) is 12.6. The van der Waals surface area contributed by atoms with Crippen molar-refractivity contribution in [2.24, 2.45) is 28.6 Å². The minimum Gasteiger partial charge on any atom is -0.480 e. The number of aliphatic carboxylic acids is 1. The maximum Gasteiger partial charge on any atom is 0.326 e. The largest absolute Gasteiger partial charge is 0.480 e. The molecule has 6 amide bonds. The highest BCUT2D eigenvalue weighted by atomic mass is 19.3. The molecule has 15 heteroatoms. The number of urea groups is 1. The number of hydrogen-bond acceptors (Lipinski definition) is 6. The van der Waals surface area contributed by atoms with Gasteiger partial charge in [-0.25, -0.2) is 18.4 Å². The number of likely N-dealkylation sites (tertiary alicyclic amines) is 1. The first-order chi connectivity index (χ1) is 23.1. The fraction of sp³-hybridized carbons (Fsp3) is 0.657. The highest BCUT2D eigenvalue weighted by molar-refractivity contribution is 5.96. The average Bonchev–Trinajstić information content (AvgIpc) is 3.31. The molecule has 6 atom stereocenters. The van der Waals surface area contributed by atoms with E-state index in [1.807, 2.05) is 13.8 Å². The molecule has 1 aliphatic heterocycles. The van der Waals surface area contributed by atoms with E-state index >= 15 is 0 Å². The summed E-state index contributed by atoms with van der Waals surface area (Å²) in [6.07, 6.45) is -3.50. The van der Waals surface area contributed by atoms with Gasteiger partial charge in [0.1, 0.15) is 24.2 Å².